The molecule has 0 aliphatic carbocycles. The summed E-state index contributed by atoms with van der Waals surface area (Å²) in [7, 11) is -1.04. The van der Waals surface area contributed by atoms with Crippen LogP contribution in [0.2, 0.25) is 0 Å². The quantitative estimate of drug-likeness (QED) is 0.0752. The van der Waals surface area contributed by atoms with Crippen LogP contribution in [0.25, 0.3) is 0 Å². The average Bonchev–Trinajstić information content (AvgIpc) is 2.83. The van der Waals surface area contributed by atoms with E-state index in [1.807, 2.05) is 0 Å². The first kappa shape index (κ1) is 36.5. The molecule has 1 nitrogen and oxygen atoms in total. The maximum absolute atomic E-state index is 2.37. The van der Waals surface area contributed by atoms with E-state index < -0.39 is 7.26 Å². The Morgan fingerprint density at radius 3 is 0.676 bits per heavy atom. The van der Waals surface area contributed by atoms with E-state index in [4.69, 9.17) is 0 Å². The molecule has 0 spiro atoms. The normalized spacial score (nSPS) is 12.1. The van der Waals surface area contributed by atoms with E-state index in [0.29, 0.717) is 0 Å². The molecule has 0 fully saturated rings. The van der Waals surface area contributed by atoms with Crippen molar-refractivity contribution in [1.82, 2.24) is 0 Å². The first-order chi connectivity index (χ1) is 16.2. The molecule has 2 N–H and O–H groups in total. The molecule has 210 valence electrons. The standard InChI is InChI=1S/C32H69P.H2O/c1-5-9-13-17-18-19-20-21-22-23-24-28-32-33(29-25-14-10-6-2,30-26-15-11-7-3)31-27-16-12-8-4;/h33H,5-32H2,1-4H3;1H2. The molecular formula is C32H71OP. The largest absolute Gasteiger partial charge is 0.412 e. The van der Waals surface area contributed by atoms with Gasteiger partial charge in [0.2, 0.25) is 0 Å². The molecule has 2 heteroatoms. The van der Waals surface area contributed by atoms with E-state index in [1.54, 1.807) is 50.3 Å². The smallest absolute Gasteiger partial charge is 0.412 e. The van der Waals surface area contributed by atoms with Crippen molar-refractivity contribution >= 4 is 7.26 Å². The van der Waals surface area contributed by atoms with E-state index in [0.717, 1.165) is 0 Å². The second kappa shape index (κ2) is 29.6. The summed E-state index contributed by atoms with van der Waals surface area (Å²) in [5, 5.41) is 0. The molecule has 0 aliphatic rings. The van der Waals surface area contributed by atoms with Gasteiger partial charge in [0.15, 0.2) is 0 Å². The third kappa shape index (κ3) is 24.1. The molecule has 0 aliphatic heterocycles. The van der Waals surface area contributed by atoms with Gasteiger partial charge in [-0.15, -0.1) is 0 Å². The third-order valence-electron chi connectivity index (χ3n) is 8.24. The van der Waals surface area contributed by atoms with Crippen LogP contribution in [0.1, 0.15) is 182 Å². The molecule has 0 saturated carbocycles. The van der Waals surface area contributed by atoms with Crippen LogP contribution >= 0.6 is 7.26 Å². The molecule has 0 unspecified atom stereocenters. The Kier molecular flexibility index (Phi) is 31.8. The zero-order valence-corrected chi connectivity index (χ0v) is 25.8. The van der Waals surface area contributed by atoms with E-state index in [2.05, 4.69) is 27.7 Å². The summed E-state index contributed by atoms with van der Waals surface area (Å²) in [6, 6.07) is 0. The van der Waals surface area contributed by atoms with Crippen molar-refractivity contribution in [2.24, 2.45) is 0 Å². The van der Waals surface area contributed by atoms with Crippen LogP contribution < -0.4 is 0 Å². The molecule has 0 aromatic carbocycles. The Morgan fingerprint density at radius 1 is 0.265 bits per heavy atom. The Bertz CT molecular complexity index is 326. The summed E-state index contributed by atoms with van der Waals surface area (Å²) in [5.74, 6) is 0. The first-order valence-corrected chi connectivity index (χ1v) is 19.1. The molecular weight excluding hydrogens is 431 g/mol. The maximum atomic E-state index is 2.37. The van der Waals surface area contributed by atoms with Crippen molar-refractivity contribution in [2.75, 3.05) is 24.6 Å². The molecule has 0 rings (SSSR count). The van der Waals surface area contributed by atoms with Crippen molar-refractivity contribution in [3.05, 3.63) is 0 Å². The molecule has 0 aromatic heterocycles. The van der Waals surface area contributed by atoms with Gasteiger partial charge in [-0.25, -0.2) is 0 Å². The number of rotatable bonds is 28. The van der Waals surface area contributed by atoms with Crippen LogP contribution in [-0.2, 0) is 0 Å². The topological polar surface area (TPSA) is 31.5 Å². The van der Waals surface area contributed by atoms with E-state index in [9.17, 15) is 0 Å². The second-order valence-electron chi connectivity index (χ2n) is 11.6. The van der Waals surface area contributed by atoms with Crippen LogP contribution in [0.4, 0.5) is 0 Å². The summed E-state index contributed by atoms with van der Waals surface area (Å²) in [6.45, 7) is 9.42. The van der Waals surface area contributed by atoms with Crippen molar-refractivity contribution in [2.45, 2.75) is 182 Å². The summed E-state index contributed by atoms with van der Waals surface area (Å²) >= 11 is 0. The molecule has 0 aromatic rings. The van der Waals surface area contributed by atoms with Crippen LogP contribution in [0.15, 0.2) is 0 Å². The minimum absolute atomic E-state index is 0. The number of unbranched alkanes of at least 4 members (excludes halogenated alkanes) is 20. The summed E-state index contributed by atoms with van der Waals surface area (Å²) < 4.78 is 0. The van der Waals surface area contributed by atoms with Gasteiger partial charge in [0, 0.05) is 0 Å². The van der Waals surface area contributed by atoms with Gasteiger partial charge in [0.1, 0.15) is 0 Å². The van der Waals surface area contributed by atoms with Gasteiger partial charge in [-0.3, -0.25) is 0 Å². The fourth-order valence-electron chi connectivity index (χ4n) is 5.87. The van der Waals surface area contributed by atoms with Gasteiger partial charge in [0.05, 0.1) is 0 Å². The average molecular weight is 503 g/mol. The molecule has 34 heavy (non-hydrogen) atoms. The Hall–Kier alpha value is 0.390. The predicted molar refractivity (Wildman–Crippen MR) is 165 cm³/mol. The van der Waals surface area contributed by atoms with Crippen LogP contribution in [-0.4, -0.2) is 30.1 Å². The fraction of sp³-hybridized carbons (Fsp3) is 1.00. The molecule has 0 radical (unpaired) electrons. The number of hydrogen-bond donors (Lipinski definition) is 0. The molecule has 0 atom stereocenters. The zero-order chi connectivity index (χ0) is 24.3. The Balaban J connectivity index is 0. The Labute approximate surface area is 219 Å². The summed E-state index contributed by atoms with van der Waals surface area (Å²) in [5.41, 5.74) is 0. The van der Waals surface area contributed by atoms with Gasteiger partial charge < -0.3 is 5.48 Å². The maximum Gasteiger partial charge on any atom is -0.412 e. The predicted octanol–water partition coefficient (Wildman–Crippen LogP) is 11.4. The summed E-state index contributed by atoms with van der Waals surface area (Å²) in [4.78, 5) is 0. The SMILES string of the molecule is CCCCCCCCCCCCCC[PH](CCCCCC)(CCCCCC)CCCCCC.O. The van der Waals surface area contributed by atoms with Gasteiger partial charge in [-0.1, -0.05) is 13.3 Å². The van der Waals surface area contributed by atoms with Crippen LogP contribution in [0.5, 0.6) is 0 Å². The van der Waals surface area contributed by atoms with Gasteiger partial charge in [0.25, 0.3) is 0 Å². The molecule has 0 bridgehead atoms. The van der Waals surface area contributed by atoms with E-state index in [1.165, 1.54) is 128 Å². The van der Waals surface area contributed by atoms with Crippen molar-refractivity contribution in [3.8, 4) is 0 Å². The first-order valence-electron chi connectivity index (χ1n) is 16.2. The monoisotopic (exact) mass is 503 g/mol. The summed E-state index contributed by atoms with van der Waals surface area (Å²) in [6.07, 6.45) is 42.3. The minimum Gasteiger partial charge on any atom is -0.412 e. The van der Waals surface area contributed by atoms with Gasteiger partial charge >= 0.3 is 200 Å². The van der Waals surface area contributed by atoms with Crippen molar-refractivity contribution in [3.63, 3.8) is 0 Å². The van der Waals surface area contributed by atoms with Gasteiger partial charge in [-0.05, 0) is 0 Å². The van der Waals surface area contributed by atoms with Crippen LogP contribution in [0, 0.1) is 0 Å². The molecule has 0 saturated heterocycles. The van der Waals surface area contributed by atoms with Crippen molar-refractivity contribution in [1.29, 1.82) is 0 Å². The van der Waals surface area contributed by atoms with Gasteiger partial charge in [-0.2, -0.15) is 0 Å². The zero-order valence-electron chi connectivity index (χ0n) is 24.8. The molecule has 0 amide bonds. The van der Waals surface area contributed by atoms with Crippen LogP contribution in [0.3, 0.4) is 0 Å². The second-order valence-corrected chi connectivity index (χ2v) is 16.6. The number of hydrogen-bond acceptors (Lipinski definition) is 0. The van der Waals surface area contributed by atoms with E-state index >= 15 is 0 Å². The third-order valence-corrected chi connectivity index (χ3v) is 13.9. The Morgan fingerprint density at radius 2 is 0.441 bits per heavy atom. The fourth-order valence-corrected chi connectivity index (χ4v) is 11.4. The minimum atomic E-state index is -1.04. The van der Waals surface area contributed by atoms with Crippen molar-refractivity contribution < 1.29 is 5.48 Å². The molecule has 0 heterocycles. The van der Waals surface area contributed by atoms with E-state index in [-0.39, 0.29) is 5.48 Å².